The number of benzene rings is 1. The van der Waals surface area contributed by atoms with Gasteiger partial charge in [0.15, 0.2) is 0 Å². The van der Waals surface area contributed by atoms with Crippen molar-refractivity contribution in [2.24, 2.45) is 5.92 Å². The van der Waals surface area contributed by atoms with E-state index in [4.69, 9.17) is 0 Å². The summed E-state index contributed by atoms with van der Waals surface area (Å²) in [5, 5.41) is 12.8. The van der Waals surface area contributed by atoms with Crippen LogP contribution in [0.2, 0.25) is 0 Å². The lowest BCUT2D eigenvalue weighted by Crippen LogP contribution is -2.43. The monoisotopic (exact) mass is 366 g/mol. The van der Waals surface area contributed by atoms with Gasteiger partial charge in [-0.2, -0.15) is 0 Å². The van der Waals surface area contributed by atoms with Crippen LogP contribution in [0.3, 0.4) is 0 Å². The largest absolute Gasteiger partial charge is 0.480 e. The third-order valence-corrected chi connectivity index (χ3v) is 4.11. The number of nitrogens with one attached hydrogen (secondary N) is 1. The fraction of sp³-hybridized carbons (Fsp3) is 0.375. The number of aliphatic carboxylic acids is 1. The molecule has 0 spiro atoms. The first kappa shape index (κ1) is 16.5. The number of hydrogen-bond acceptors (Lipinski definition) is 2. The molecule has 1 aromatic carbocycles. The van der Waals surface area contributed by atoms with Gasteiger partial charge in [-0.15, -0.1) is 0 Å². The minimum atomic E-state index is -0.998. The van der Waals surface area contributed by atoms with Crippen molar-refractivity contribution < 1.29 is 14.7 Å². The van der Waals surface area contributed by atoms with Crippen LogP contribution >= 0.6 is 15.9 Å². The Balaban J connectivity index is 2.10. The summed E-state index contributed by atoms with van der Waals surface area (Å²) in [4.78, 5) is 23.3. The van der Waals surface area contributed by atoms with E-state index in [1.165, 1.54) is 0 Å². The number of amides is 1. The minimum Gasteiger partial charge on any atom is -0.480 e. The molecule has 0 aliphatic carbocycles. The number of halogens is 1. The van der Waals surface area contributed by atoms with Crippen molar-refractivity contribution in [3.05, 3.63) is 34.9 Å². The summed E-state index contributed by atoms with van der Waals surface area (Å²) in [5.41, 5.74) is 0.931. The number of aromatic nitrogens is 1. The molecular formula is C16H19BrN2O3. The fourth-order valence-corrected chi connectivity index (χ4v) is 2.90. The highest BCUT2D eigenvalue weighted by molar-refractivity contribution is 9.10. The zero-order valence-corrected chi connectivity index (χ0v) is 14.1. The smallest absolute Gasteiger partial charge is 0.326 e. The zero-order valence-electron chi connectivity index (χ0n) is 12.5. The highest BCUT2D eigenvalue weighted by atomic mass is 79.9. The first-order chi connectivity index (χ1) is 10.4. The number of carbonyl (C=O) groups excluding carboxylic acids is 1. The van der Waals surface area contributed by atoms with E-state index >= 15 is 0 Å². The lowest BCUT2D eigenvalue weighted by molar-refractivity contribution is -0.142. The number of fused-ring (bicyclic) bond motifs is 1. The Hall–Kier alpha value is -1.82. The van der Waals surface area contributed by atoms with Crippen LogP contribution in [0.4, 0.5) is 0 Å². The van der Waals surface area contributed by atoms with Crippen molar-refractivity contribution in [2.45, 2.75) is 32.9 Å². The highest BCUT2D eigenvalue weighted by Crippen LogP contribution is 2.24. The molecule has 0 saturated carbocycles. The normalized spacial score (nSPS) is 12.5. The molecule has 0 aliphatic heterocycles. The second-order valence-electron chi connectivity index (χ2n) is 5.70. The van der Waals surface area contributed by atoms with E-state index in [9.17, 15) is 14.7 Å². The molecule has 1 atom stereocenters. The second-order valence-corrected chi connectivity index (χ2v) is 6.56. The summed E-state index contributed by atoms with van der Waals surface area (Å²) in [7, 11) is 0. The lowest BCUT2D eigenvalue weighted by Gasteiger charge is -2.17. The summed E-state index contributed by atoms with van der Waals surface area (Å²) < 4.78 is 2.77. The molecule has 5 nitrogen and oxygen atoms in total. The Labute approximate surface area is 137 Å². The summed E-state index contributed by atoms with van der Waals surface area (Å²) >= 11 is 3.47. The molecule has 1 amide bonds. The van der Waals surface area contributed by atoms with Gasteiger partial charge in [0, 0.05) is 21.6 Å². The molecule has 22 heavy (non-hydrogen) atoms. The molecule has 0 fully saturated rings. The Morgan fingerprint density at radius 2 is 2.05 bits per heavy atom. The molecule has 1 heterocycles. The molecule has 6 heteroatoms. The van der Waals surface area contributed by atoms with E-state index in [0.29, 0.717) is 6.42 Å². The number of carbonyl (C=O) groups is 2. The molecule has 0 bridgehead atoms. The number of hydrogen-bond donors (Lipinski definition) is 2. The first-order valence-electron chi connectivity index (χ1n) is 7.14. The standard InChI is InChI=1S/C16H19BrN2O3/c1-10(2)8-13(16(21)22)18-15(20)9-19-7-6-11-12(17)4-3-5-14(11)19/h3-7,10,13H,8-9H2,1-2H3,(H,18,20)(H,21,22). The highest BCUT2D eigenvalue weighted by Gasteiger charge is 2.21. The summed E-state index contributed by atoms with van der Waals surface area (Å²) in [6.07, 6.45) is 2.24. The van der Waals surface area contributed by atoms with Gasteiger partial charge in [0.1, 0.15) is 12.6 Å². The van der Waals surface area contributed by atoms with Crippen molar-refractivity contribution >= 4 is 38.7 Å². The van der Waals surface area contributed by atoms with Gasteiger partial charge in [-0.25, -0.2) is 4.79 Å². The predicted octanol–water partition coefficient (Wildman–Crippen LogP) is 3.02. The van der Waals surface area contributed by atoms with Crippen LogP contribution < -0.4 is 5.32 Å². The number of rotatable bonds is 6. The minimum absolute atomic E-state index is 0.0990. The van der Waals surface area contributed by atoms with E-state index in [-0.39, 0.29) is 18.4 Å². The molecule has 0 saturated heterocycles. The Bertz CT molecular complexity index is 694. The van der Waals surface area contributed by atoms with Crippen molar-refractivity contribution in [3.63, 3.8) is 0 Å². The van der Waals surface area contributed by atoms with E-state index in [2.05, 4.69) is 21.2 Å². The van der Waals surface area contributed by atoms with Gasteiger partial charge in [-0.05, 0) is 30.5 Å². The van der Waals surface area contributed by atoms with Crippen LogP contribution in [0.1, 0.15) is 20.3 Å². The van der Waals surface area contributed by atoms with Gasteiger partial charge in [0.2, 0.25) is 5.91 Å². The van der Waals surface area contributed by atoms with E-state index < -0.39 is 12.0 Å². The molecule has 1 unspecified atom stereocenters. The van der Waals surface area contributed by atoms with Crippen LogP contribution in [0.25, 0.3) is 10.9 Å². The van der Waals surface area contributed by atoms with Gasteiger partial charge in [-0.3, -0.25) is 4.79 Å². The number of carboxylic acids is 1. The molecule has 1 aromatic heterocycles. The van der Waals surface area contributed by atoms with Gasteiger partial charge < -0.3 is 15.0 Å². The summed E-state index contributed by atoms with van der Waals surface area (Å²) in [6, 6.07) is 6.85. The molecule has 2 aromatic rings. The molecule has 2 rings (SSSR count). The average molecular weight is 367 g/mol. The van der Waals surface area contributed by atoms with Crippen molar-refractivity contribution in [3.8, 4) is 0 Å². The fourth-order valence-electron chi connectivity index (χ4n) is 2.41. The Morgan fingerprint density at radius 1 is 1.32 bits per heavy atom. The van der Waals surface area contributed by atoms with Crippen molar-refractivity contribution in [2.75, 3.05) is 0 Å². The predicted molar refractivity (Wildman–Crippen MR) is 88.7 cm³/mol. The molecule has 118 valence electrons. The third kappa shape index (κ3) is 3.88. The number of nitrogens with zero attached hydrogens (tertiary/aromatic N) is 1. The molecule has 0 radical (unpaired) electrons. The van der Waals surface area contributed by atoms with Crippen LogP contribution in [0, 0.1) is 5.92 Å². The Kier molecular flexibility index (Phi) is 5.24. The molecule has 2 N–H and O–H groups in total. The molecular weight excluding hydrogens is 348 g/mol. The SMILES string of the molecule is CC(C)CC(NC(=O)Cn1ccc2c(Br)cccc21)C(=O)O. The maximum atomic E-state index is 12.1. The zero-order chi connectivity index (χ0) is 16.3. The van der Waals surface area contributed by atoms with Crippen LogP contribution in [-0.2, 0) is 16.1 Å². The average Bonchev–Trinajstić information content (AvgIpc) is 2.82. The Morgan fingerprint density at radius 3 is 2.68 bits per heavy atom. The lowest BCUT2D eigenvalue weighted by atomic mass is 10.0. The maximum absolute atomic E-state index is 12.1. The van der Waals surface area contributed by atoms with Crippen molar-refractivity contribution in [1.82, 2.24) is 9.88 Å². The van der Waals surface area contributed by atoms with Crippen LogP contribution in [0.5, 0.6) is 0 Å². The van der Waals surface area contributed by atoms with E-state index in [1.54, 1.807) is 0 Å². The van der Waals surface area contributed by atoms with E-state index in [1.807, 2.05) is 48.9 Å². The third-order valence-electron chi connectivity index (χ3n) is 3.41. The van der Waals surface area contributed by atoms with Crippen LogP contribution in [0.15, 0.2) is 34.9 Å². The van der Waals surface area contributed by atoms with Crippen molar-refractivity contribution in [1.29, 1.82) is 0 Å². The van der Waals surface area contributed by atoms with Gasteiger partial charge in [0.05, 0.1) is 0 Å². The van der Waals surface area contributed by atoms with E-state index in [0.717, 1.165) is 15.4 Å². The van der Waals surface area contributed by atoms with Gasteiger partial charge in [-0.1, -0.05) is 35.8 Å². The van der Waals surface area contributed by atoms with Gasteiger partial charge in [0.25, 0.3) is 0 Å². The second kappa shape index (κ2) is 6.96. The van der Waals surface area contributed by atoms with Crippen LogP contribution in [-0.4, -0.2) is 27.6 Å². The van der Waals surface area contributed by atoms with Gasteiger partial charge >= 0.3 is 5.97 Å². The maximum Gasteiger partial charge on any atom is 0.326 e. The first-order valence-corrected chi connectivity index (χ1v) is 7.93. The summed E-state index contributed by atoms with van der Waals surface area (Å²) in [5.74, 6) is -1.10. The quantitative estimate of drug-likeness (QED) is 0.825. The molecule has 0 aliphatic rings. The topological polar surface area (TPSA) is 71.3 Å². The summed E-state index contributed by atoms with van der Waals surface area (Å²) in [6.45, 7) is 3.96. The number of carboxylic acid groups (broad SMARTS) is 1.